The van der Waals surface area contributed by atoms with E-state index in [0.29, 0.717) is 22.9 Å². The highest BCUT2D eigenvalue weighted by atomic mass is 32.1. The molecule has 29 heavy (non-hydrogen) atoms. The number of benzene rings is 1. The Morgan fingerprint density at radius 1 is 1.24 bits per heavy atom. The minimum Gasteiger partial charge on any atom is -0.307 e. The van der Waals surface area contributed by atoms with Gasteiger partial charge in [-0.05, 0) is 19.1 Å². The molecule has 2 aliphatic rings. The lowest BCUT2D eigenvalue weighted by Crippen LogP contribution is -2.69. The first-order valence-corrected chi connectivity index (χ1v) is 10.4. The predicted octanol–water partition coefficient (Wildman–Crippen LogP) is 2.77. The summed E-state index contributed by atoms with van der Waals surface area (Å²) in [5, 5.41) is 12.2. The van der Waals surface area contributed by atoms with Crippen molar-refractivity contribution in [2.45, 2.75) is 51.6 Å². The maximum Gasteiger partial charge on any atom is 0.273 e. The van der Waals surface area contributed by atoms with Crippen molar-refractivity contribution in [3.05, 3.63) is 34.8 Å². The van der Waals surface area contributed by atoms with Gasteiger partial charge in [0.1, 0.15) is 5.01 Å². The Bertz CT molecular complexity index is 1010. The van der Waals surface area contributed by atoms with Crippen LogP contribution in [0.25, 0.3) is 0 Å². The lowest BCUT2D eigenvalue weighted by molar-refractivity contribution is -0.128. The number of aromatic nitrogens is 2. The van der Waals surface area contributed by atoms with Gasteiger partial charge in [0, 0.05) is 24.8 Å². The fourth-order valence-corrected chi connectivity index (χ4v) is 4.78. The average molecular weight is 414 g/mol. The van der Waals surface area contributed by atoms with Gasteiger partial charge in [0.15, 0.2) is 0 Å². The first-order chi connectivity index (χ1) is 13.7. The van der Waals surface area contributed by atoms with Crippen LogP contribution in [0.2, 0.25) is 0 Å². The largest absolute Gasteiger partial charge is 0.307 e. The third-order valence-electron chi connectivity index (χ3n) is 5.34. The van der Waals surface area contributed by atoms with Crippen LogP contribution in [0.4, 0.5) is 10.8 Å². The highest BCUT2D eigenvalue weighted by molar-refractivity contribution is 7.15. The minimum atomic E-state index is -1.40. The van der Waals surface area contributed by atoms with E-state index in [2.05, 4.69) is 15.5 Å². The van der Waals surface area contributed by atoms with Gasteiger partial charge >= 0.3 is 0 Å². The third kappa shape index (κ3) is 2.83. The fourth-order valence-electron chi connectivity index (χ4n) is 3.98. The number of hydrogen-bond acceptors (Lipinski definition) is 6. The molecule has 2 aromatic rings. The predicted molar refractivity (Wildman–Crippen MR) is 110 cm³/mol. The van der Waals surface area contributed by atoms with Crippen LogP contribution in [-0.4, -0.2) is 45.0 Å². The summed E-state index contributed by atoms with van der Waals surface area (Å²) in [4.78, 5) is 42.5. The van der Waals surface area contributed by atoms with Gasteiger partial charge in [-0.2, -0.15) is 0 Å². The van der Waals surface area contributed by atoms with Gasteiger partial charge in [-0.15, -0.1) is 10.2 Å². The number of fused-ring (bicyclic) bond motifs is 3. The van der Waals surface area contributed by atoms with E-state index in [4.69, 9.17) is 0 Å². The second kappa shape index (κ2) is 6.62. The van der Waals surface area contributed by atoms with E-state index in [0.717, 1.165) is 5.01 Å². The van der Waals surface area contributed by atoms with Gasteiger partial charge in [-0.25, -0.2) is 0 Å². The molecule has 1 saturated heterocycles. The lowest BCUT2D eigenvalue weighted by atomic mass is 9.95. The Labute approximate surface area is 172 Å². The van der Waals surface area contributed by atoms with Gasteiger partial charge < -0.3 is 4.90 Å². The standard InChI is InChI=1S/C20H23N5O3S/c1-5-24-15(27)12-8-6-7-9-13(12)25-14(26)10-11-20(24,25)16(28)21-18-23-22-17(29-18)19(2,3)4/h6-9H,5,10-11H2,1-4H3,(H,21,23,28)/t20-/m1/s1. The molecule has 152 valence electrons. The number of rotatable bonds is 3. The zero-order valence-electron chi connectivity index (χ0n) is 16.9. The summed E-state index contributed by atoms with van der Waals surface area (Å²) in [5.74, 6) is -0.868. The van der Waals surface area contributed by atoms with Gasteiger partial charge in [0.2, 0.25) is 16.7 Å². The first-order valence-electron chi connectivity index (χ1n) is 9.59. The number of carbonyl (C=O) groups is 3. The van der Waals surface area contributed by atoms with Crippen molar-refractivity contribution in [2.24, 2.45) is 0 Å². The molecule has 2 aliphatic heterocycles. The maximum atomic E-state index is 13.5. The number of amides is 3. The number of likely N-dealkylation sites (N-methyl/N-ethyl adjacent to an activating group) is 1. The molecule has 9 heteroatoms. The van der Waals surface area contributed by atoms with Crippen molar-refractivity contribution in [1.82, 2.24) is 15.1 Å². The Hall–Kier alpha value is -2.81. The van der Waals surface area contributed by atoms with Gasteiger partial charge in [-0.1, -0.05) is 44.2 Å². The molecule has 3 amide bonds. The molecular formula is C20H23N5O3S. The first kappa shape index (κ1) is 19.5. The fraction of sp³-hybridized carbons (Fsp3) is 0.450. The van der Waals surface area contributed by atoms with Crippen molar-refractivity contribution in [2.75, 3.05) is 16.8 Å². The van der Waals surface area contributed by atoms with E-state index < -0.39 is 11.6 Å². The van der Waals surface area contributed by atoms with Crippen LogP contribution in [0.5, 0.6) is 0 Å². The molecular weight excluding hydrogens is 390 g/mol. The molecule has 8 nitrogen and oxygen atoms in total. The minimum absolute atomic E-state index is 0.175. The van der Waals surface area contributed by atoms with Gasteiger partial charge in [-0.3, -0.25) is 24.6 Å². The molecule has 0 unspecified atom stereocenters. The smallest absolute Gasteiger partial charge is 0.273 e. The second-order valence-electron chi connectivity index (χ2n) is 8.23. The molecule has 3 heterocycles. The highest BCUT2D eigenvalue weighted by Crippen LogP contribution is 2.45. The number of para-hydroxylation sites is 1. The number of hydrogen-bond donors (Lipinski definition) is 1. The number of carbonyl (C=O) groups excluding carboxylic acids is 3. The SMILES string of the molecule is CCN1C(=O)c2ccccc2N2C(=O)CC[C@@]12C(=O)Nc1nnc(C(C)(C)C)s1. The number of anilines is 2. The molecule has 0 aliphatic carbocycles. The molecule has 0 spiro atoms. The van der Waals surface area contributed by atoms with Crippen molar-refractivity contribution in [3.63, 3.8) is 0 Å². The van der Waals surface area contributed by atoms with E-state index in [9.17, 15) is 14.4 Å². The van der Waals surface area contributed by atoms with E-state index in [1.54, 1.807) is 24.3 Å². The summed E-state index contributed by atoms with van der Waals surface area (Å²) >= 11 is 1.30. The highest BCUT2D eigenvalue weighted by Gasteiger charge is 2.60. The van der Waals surface area contributed by atoms with Crippen molar-refractivity contribution >= 4 is 39.9 Å². The maximum absolute atomic E-state index is 13.5. The normalized spacial score (nSPS) is 21.2. The molecule has 1 aromatic carbocycles. The Morgan fingerprint density at radius 2 is 1.97 bits per heavy atom. The molecule has 4 rings (SSSR count). The zero-order valence-corrected chi connectivity index (χ0v) is 17.7. The monoisotopic (exact) mass is 413 g/mol. The zero-order chi connectivity index (χ0) is 21.0. The van der Waals surface area contributed by atoms with Gasteiger partial charge in [0.05, 0.1) is 11.3 Å². The van der Waals surface area contributed by atoms with Crippen molar-refractivity contribution in [1.29, 1.82) is 0 Å². The molecule has 1 aromatic heterocycles. The molecule has 1 N–H and O–H groups in total. The lowest BCUT2D eigenvalue weighted by Gasteiger charge is -2.48. The van der Waals surface area contributed by atoms with Crippen LogP contribution in [-0.2, 0) is 15.0 Å². The summed E-state index contributed by atoms with van der Waals surface area (Å²) < 4.78 is 0. The third-order valence-corrected chi connectivity index (χ3v) is 6.61. The van der Waals surface area contributed by atoms with Crippen LogP contribution in [0.15, 0.2) is 24.3 Å². The van der Waals surface area contributed by atoms with E-state index in [1.807, 2.05) is 27.7 Å². The van der Waals surface area contributed by atoms with Crippen LogP contribution in [0, 0.1) is 0 Å². The Kier molecular flexibility index (Phi) is 4.45. The number of nitrogens with zero attached hydrogens (tertiary/aromatic N) is 4. The molecule has 0 saturated carbocycles. The summed E-state index contributed by atoms with van der Waals surface area (Å²) in [5.41, 5.74) is -0.680. The van der Waals surface area contributed by atoms with Crippen LogP contribution < -0.4 is 10.2 Å². The van der Waals surface area contributed by atoms with Gasteiger partial charge in [0.25, 0.3) is 11.8 Å². The summed E-state index contributed by atoms with van der Waals surface area (Å²) in [7, 11) is 0. The number of nitrogens with one attached hydrogen (secondary N) is 1. The van der Waals surface area contributed by atoms with Crippen molar-refractivity contribution < 1.29 is 14.4 Å². The molecule has 0 radical (unpaired) electrons. The molecule has 0 bridgehead atoms. The van der Waals surface area contributed by atoms with Crippen LogP contribution >= 0.6 is 11.3 Å². The average Bonchev–Trinajstić information content (AvgIpc) is 3.28. The van der Waals surface area contributed by atoms with E-state index in [-0.39, 0.29) is 30.1 Å². The molecule has 1 atom stereocenters. The molecule has 1 fully saturated rings. The topological polar surface area (TPSA) is 95.5 Å². The summed E-state index contributed by atoms with van der Waals surface area (Å²) in [6.45, 7) is 8.17. The van der Waals surface area contributed by atoms with Crippen molar-refractivity contribution in [3.8, 4) is 0 Å². The van der Waals surface area contributed by atoms with Crippen LogP contribution in [0.1, 0.15) is 55.9 Å². The Balaban J connectivity index is 1.77. The quantitative estimate of drug-likeness (QED) is 0.835. The summed E-state index contributed by atoms with van der Waals surface area (Å²) in [6.07, 6.45) is 0.422. The summed E-state index contributed by atoms with van der Waals surface area (Å²) in [6, 6.07) is 6.93. The van der Waals surface area contributed by atoms with E-state index in [1.165, 1.54) is 21.1 Å². The van der Waals surface area contributed by atoms with E-state index >= 15 is 0 Å². The van der Waals surface area contributed by atoms with Crippen LogP contribution in [0.3, 0.4) is 0 Å². The Morgan fingerprint density at radius 3 is 2.62 bits per heavy atom. The second-order valence-corrected chi connectivity index (χ2v) is 9.21.